The summed E-state index contributed by atoms with van der Waals surface area (Å²) in [4.78, 5) is 0. The predicted octanol–water partition coefficient (Wildman–Crippen LogP) is 4.45. The van der Waals surface area contributed by atoms with Gasteiger partial charge in [0.2, 0.25) is 0 Å². The Morgan fingerprint density at radius 2 is 1.91 bits per heavy atom. The summed E-state index contributed by atoms with van der Waals surface area (Å²) in [7, 11) is 0. The van der Waals surface area contributed by atoms with Crippen LogP contribution in [0.25, 0.3) is 5.69 Å². The third-order valence-corrected chi connectivity index (χ3v) is 4.43. The maximum atomic E-state index is 9.64. The Bertz CT molecular complexity index is 845. The van der Waals surface area contributed by atoms with Crippen LogP contribution in [0.15, 0.2) is 60.8 Å². The van der Waals surface area contributed by atoms with Gasteiger partial charge in [0.05, 0.1) is 11.1 Å². The number of nitrogens with zero attached hydrogens (tertiary/aromatic N) is 1. The molecule has 2 heterocycles. The van der Waals surface area contributed by atoms with E-state index in [2.05, 4.69) is 46.4 Å². The average Bonchev–Trinajstić information content (AvgIpc) is 2.95. The van der Waals surface area contributed by atoms with Crippen LogP contribution < -0.4 is 5.32 Å². The Morgan fingerprint density at radius 1 is 1.09 bits per heavy atom. The summed E-state index contributed by atoms with van der Waals surface area (Å²) in [5.74, 6) is 0.109. The first kappa shape index (κ1) is 15.9. The highest BCUT2D eigenvalue weighted by atomic mass is 35.5. The number of hydrogen-bond acceptors (Lipinski definition) is 2. The van der Waals surface area contributed by atoms with Crippen LogP contribution in [0.1, 0.15) is 22.9 Å². The molecule has 5 heteroatoms. The van der Waals surface area contributed by atoms with E-state index in [0.29, 0.717) is 5.02 Å². The Morgan fingerprint density at radius 3 is 2.74 bits per heavy atom. The maximum Gasteiger partial charge on any atom is 0.134 e. The molecule has 4 rings (SSSR count). The molecule has 3 nitrogen and oxygen atoms in total. The average molecular weight is 347 g/mol. The van der Waals surface area contributed by atoms with Crippen molar-refractivity contribution in [3.05, 3.63) is 82.6 Å². The molecule has 2 N–H and O–H groups in total. The lowest BCUT2D eigenvalue weighted by molar-refractivity contribution is 0.475. The van der Waals surface area contributed by atoms with E-state index >= 15 is 0 Å². The van der Waals surface area contributed by atoms with Gasteiger partial charge in [0.25, 0.3) is 0 Å². The number of phenols is 1. The lowest BCUT2D eigenvalue weighted by Gasteiger charge is -2.18. The van der Waals surface area contributed by atoms with Crippen molar-refractivity contribution in [1.29, 1.82) is 0 Å². The molecule has 1 unspecified atom stereocenters. The second-order valence-electron chi connectivity index (χ2n) is 5.46. The molecule has 3 aromatic rings. The van der Waals surface area contributed by atoms with Crippen molar-refractivity contribution in [2.24, 2.45) is 0 Å². The monoisotopic (exact) mass is 346 g/mol. The van der Waals surface area contributed by atoms with E-state index in [0.717, 1.165) is 17.8 Å². The number of phenolic OH excluding ortho intramolecular Hbond substituents is 1. The first-order valence-corrected chi connectivity index (χ1v) is 7.59. The second kappa shape index (κ2) is 6.28. The molecule has 1 aromatic heterocycles. The van der Waals surface area contributed by atoms with Gasteiger partial charge < -0.3 is 15.0 Å². The maximum absolute atomic E-state index is 9.64. The number of para-hydroxylation sites is 1. The quantitative estimate of drug-likeness (QED) is 0.682. The zero-order valence-electron chi connectivity index (χ0n) is 12.2. The SMILES string of the molecule is Cl.Oc1ccc(C2NCc3ccccc3-n3cccc32)cc1Cl. The van der Waals surface area contributed by atoms with Gasteiger partial charge in [-0.1, -0.05) is 35.9 Å². The Balaban J connectivity index is 0.00000156. The summed E-state index contributed by atoms with van der Waals surface area (Å²) in [6.45, 7) is 0.779. The molecular weight excluding hydrogens is 331 g/mol. The number of rotatable bonds is 1. The Hall–Kier alpha value is -1.94. The van der Waals surface area contributed by atoms with Crippen LogP contribution in [0.2, 0.25) is 5.02 Å². The van der Waals surface area contributed by atoms with Crippen molar-refractivity contribution in [3.63, 3.8) is 0 Å². The standard InChI is InChI=1S/C18H15ClN2O.ClH/c19-14-10-12(7-8-17(14)22)18-16-6-3-9-21(16)15-5-2-1-4-13(15)11-20-18;/h1-10,18,20,22H,11H2;1H. The van der Waals surface area contributed by atoms with E-state index in [4.69, 9.17) is 11.6 Å². The first-order chi connectivity index (χ1) is 10.7. The summed E-state index contributed by atoms with van der Waals surface area (Å²) in [6, 6.07) is 17.9. The minimum atomic E-state index is 0. The minimum Gasteiger partial charge on any atom is -0.506 e. The van der Waals surface area contributed by atoms with E-state index in [1.807, 2.05) is 18.2 Å². The lowest BCUT2D eigenvalue weighted by atomic mass is 10.0. The highest BCUT2D eigenvalue weighted by molar-refractivity contribution is 6.32. The zero-order chi connectivity index (χ0) is 15.1. The number of aromatic hydroxyl groups is 1. The third-order valence-electron chi connectivity index (χ3n) is 4.13. The van der Waals surface area contributed by atoms with Gasteiger partial charge in [0, 0.05) is 24.1 Å². The number of aromatic nitrogens is 1. The molecular formula is C18H16Cl2N2O. The van der Waals surface area contributed by atoms with Gasteiger partial charge in [-0.25, -0.2) is 0 Å². The minimum absolute atomic E-state index is 0. The molecule has 0 saturated heterocycles. The van der Waals surface area contributed by atoms with Crippen LogP contribution in [0.4, 0.5) is 0 Å². The summed E-state index contributed by atoms with van der Waals surface area (Å²) < 4.78 is 2.21. The van der Waals surface area contributed by atoms with Gasteiger partial charge >= 0.3 is 0 Å². The molecule has 0 amide bonds. The molecule has 1 aliphatic rings. The summed E-state index contributed by atoms with van der Waals surface area (Å²) in [6.07, 6.45) is 2.08. The van der Waals surface area contributed by atoms with Gasteiger partial charge in [0.1, 0.15) is 5.75 Å². The van der Waals surface area contributed by atoms with Crippen molar-refractivity contribution in [3.8, 4) is 11.4 Å². The fourth-order valence-electron chi connectivity index (χ4n) is 3.05. The largest absolute Gasteiger partial charge is 0.506 e. The van der Waals surface area contributed by atoms with Crippen molar-refractivity contribution in [2.75, 3.05) is 0 Å². The van der Waals surface area contributed by atoms with Crippen molar-refractivity contribution in [2.45, 2.75) is 12.6 Å². The highest BCUT2D eigenvalue weighted by Gasteiger charge is 2.23. The molecule has 0 bridgehead atoms. The van der Waals surface area contributed by atoms with Crippen LogP contribution in [0.5, 0.6) is 5.75 Å². The highest BCUT2D eigenvalue weighted by Crippen LogP contribution is 2.33. The normalized spacial score (nSPS) is 16.0. The van der Waals surface area contributed by atoms with Crippen molar-refractivity contribution >= 4 is 24.0 Å². The van der Waals surface area contributed by atoms with Crippen LogP contribution in [0.3, 0.4) is 0 Å². The van der Waals surface area contributed by atoms with Crippen LogP contribution in [-0.2, 0) is 6.54 Å². The molecule has 2 aromatic carbocycles. The van der Waals surface area contributed by atoms with Gasteiger partial charge in [0.15, 0.2) is 0 Å². The van der Waals surface area contributed by atoms with Crippen molar-refractivity contribution in [1.82, 2.24) is 9.88 Å². The van der Waals surface area contributed by atoms with E-state index in [1.165, 1.54) is 11.3 Å². The molecule has 1 aliphatic heterocycles. The fourth-order valence-corrected chi connectivity index (χ4v) is 3.24. The topological polar surface area (TPSA) is 37.2 Å². The van der Waals surface area contributed by atoms with Crippen LogP contribution >= 0.6 is 24.0 Å². The molecule has 23 heavy (non-hydrogen) atoms. The van der Waals surface area contributed by atoms with Gasteiger partial charge in [-0.15, -0.1) is 12.4 Å². The first-order valence-electron chi connectivity index (χ1n) is 7.21. The third kappa shape index (κ3) is 2.72. The van der Waals surface area contributed by atoms with Gasteiger partial charge in [-0.2, -0.15) is 0 Å². The molecule has 0 saturated carbocycles. The number of fused-ring (bicyclic) bond motifs is 3. The number of nitrogens with one attached hydrogen (secondary N) is 1. The fraction of sp³-hybridized carbons (Fsp3) is 0.111. The molecule has 0 radical (unpaired) electrons. The summed E-state index contributed by atoms with van der Waals surface area (Å²) in [5.41, 5.74) is 4.65. The zero-order valence-corrected chi connectivity index (χ0v) is 13.8. The Labute approximate surface area is 145 Å². The van der Waals surface area contributed by atoms with Crippen molar-refractivity contribution < 1.29 is 5.11 Å². The van der Waals surface area contributed by atoms with Gasteiger partial charge in [-0.05, 0) is 41.5 Å². The van der Waals surface area contributed by atoms with E-state index in [1.54, 1.807) is 6.07 Å². The smallest absolute Gasteiger partial charge is 0.134 e. The summed E-state index contributed by atoms with van der Waals surface area (Å²) >= 11 is 6.08. The summed E-state index contributed by atoms with van der Waals surface area (Å²) in [5, 5.41) is 13.6. The van der Waals surface area contributed by atoms with E-state index in [9.17, 15) is 5.11 Å². The predicted molar refractivity (Wildman–Crippen MR) is 94.8 cm³/mol. The van der Waals surface area contributed by atoms with Crippen LogP contribution in [-0.4, -0.2) is 9.67 Å². The number of benzene rings is 2. The lowest BCUT2D eigenvalue weighted by Crippen LogP contribution is -2.21. The number of halogens is 2. The van der Waals surface area contributed by atoms with Crippen LogP contribution in [0, 0.1) is 0 Å². The molecule has 0 fully saturated rings. The molecule has 0 spiro atoms. The van der Waals surface area contributed by atoms with E-state index in [-0.39, 0.29) is 24.2 Å². The second-order valence-corrected chi connectivity index (χ2v) is 5.86. The van der Waals surface area contributed by atoms with E-state index < -0.39 is 0 Å². The molecule has 1 atom stereocenters. The molecule has 0 aliphatic carbocycles. The molecule has 118 valence electrons. The number of hydrogen-bond donors (Lipinski definition) is 2. The Kier molecular flexibility index (Phi) is 4.35. The van der Waals surface area contributed by atoms with Gasteiger partial charge in [-0.3, -0.25) is 0 Å².